The van der Waals surface area contributed by atoms with Crippen molar-refractivity contribution < 1.29 is 0 Å². The Balaban J connectivity index is 2.22. The largest absolute Gasteiger partial charge is 0.255 e. The molecule has 0 atom stereocenters. The van der Waals surface area contributed by atoms with Crippen molar-refractivity contribution in [3.63, 3.8) is 0 Å². The molecule has 0 aliphatic rings. The average Bonchev–Trinajstić information content (AvgIpc) is 2.60. The summed E-state index contributed by atoms with van der Waals surface area (Å²) in [5.41, 5.74) is 4.04. The first-order valence-electron chi connectivity index (χ1n) is 7.26. The summed E-state index contributed by atoms with van der Waals surface area (Å²) in [6.07, 6.45) is 1.95. The highest BCUT2D eigenvalue weighted by Crippen LogP contribution is 2.36. The van der Waals surface area contributed by atoms with Gasteiger partial charge in [-0.15, -0.1) is 0 Å². The van der Waals surface area contributed by atoms with Crippen LogP contribution in [-0.2, 0) is 6.42 Å². The van der Waals surface area contributed by atoms with Crippen molar-refractivity contribution >= 4 is 46.4 Å². The fraction of sp³-hybridized carbons (Fsp3) is 0.0526. The minimum atomic E-state index is 0.267. The number of hydrogen-bond donors (Lipinski definition) is 0. The molecule has 2 nitrogen and oxygen atoms in total. The summed E-state index contributed by atoms with van der Waals surface area (Å²) in [6, 6.07) is 14.8. The van der Waals surface area contributed by atoms with E-state index in [1.165, 1.54) is 0 Å². The molecule has 0 aliphatic carbocycles. The van der Waals surface area contributed by atoms with Crippen LogP contribution >= 0.6 is 46.4 Å². The zero-order chi connectivity index (χ0) is 18.0. The van der Waals surface area contributed by atoms with Crippen LogP contribution in [0.2, 0.25) is 20.1 Å². The molecule has 0 saturated carbocycles. The van der Waals surface area contributed by atoms with E-state index in [2.05, 4.69) is 11.1 Å². The van der Waals surface area contributed by atoms with Crippen LogP contribution in [0.15, 0.2) is 48.7 Å². The summed E-state index contributed by atoms with van der Waals surface area (Å²) in [4.78, 5) is 4.54. The van der Waals surface area contributed by atoms with Crippen LogP contribution in [0.4, 0.5) is 0 Å². The van der Waals surface area contributed by atoms with Gasteiger partial charge in [-0.2, -0.15) is 5.26 Å². The summed E-state index contributed by atoms with van der Waals surface area (Å²) < 4.78 is 0. The fourth-order valence-corrected chi connectivity index (χ4v) is 3.05. The molecule has 3 rings (SSSR count). The van der Waals surface area contributed by atoms with Gasteiger partial charge in [0.15, 0.2) is 0 Å². The maximum absolute atomic E-state index is 8.97. The normalized spacial score (nSPS) is 10.5. The Hall–Kier alpha value is -1.76. The van der Waals surface area contributed by atoms with E-state index in [1.54, 1.807) is 30.5 Å². The number of halogens is 4. The molecule has 0 bridgehead atoms. The average molecular weight is 408 g/mol. The first kappa shape index (κ1) is 18.0. The van der Waals surface area contributed by atoms with Gasteiger partial charge >= 0.3 is 0 Å². The molecule has 0 aliphatic heterocycles. The molecule has 3 aromatic rings. The SMILES string of the molecule is N#CCc1cnc(-c2ccc(Cl)c(Cl)c2)c(-c2ccc(Cl)c(Cl)c2)c1. The molecule has 0 N–H and O–H groups in total. The summed E-state index contributed by atoms with van der Waals surface area (Å²) >= 11 is 24.3. The number of aromatic nitrogens is 1. The van der Waals surface area contributed by atoms with Gasteiger partial charge in [0.05, 0.1) is 38.3 Å². The molecule has 0 unspecified atom stereocenters. The first-order chi connectivity index (χ1) is 12.0. The molecule has 0 amide bonds. The first-order valence-corrected chi connectivity index (χ1v) is 8.77. The van der Waals surface area contributed by atoms with Crippen molar-refractivity contribution in [1.82, 2.24) is 4.98 Å². The van der Waals surface area contributed by atoms with Crippen LogP contribution < -0.4 is 0 Å². The molecular weight excluding hydrogens is 398 g/mol. The molecular formula is C19H10Cl4N2. The third-order valence-electron chi connectivity index (χ3n) is 3.65. The standard InChI is InChI=1S/C19H10Cl4N2/c20-15-3-1-12(8-17(15)22)14-7-11(5-6-24)10-25-19(14)13-2-4-16(21)18(23)9-13/h1-4,7-10H,5H2. The molecule has 0 fully saturated rings. The molecule has 0 radical (unpaired) electrons. The minimum Gasteiger partial charge on any atom is -0.255 e. The van der Waals surface area contributed by atoms with Crippen molar-refractivity contribution in [1.29, 1.82) is 5.26 Å². The van der Waals surface area contributed by atoms with Gasteiger partial charge in [-0.1, -0.05) is 58.5 Å². The predicted molar refractivity (Wildman–Crippen MR) is 104 cm³/mol. The van der Waals surface area contributed by atoms with Crippen molar-refractivity contribution in [2.75, 3.05) is 0 Å². The monoisotopic (exact) mass is 406 g/mol. The molecule has 1 heterocycles. The zero-order valence-corrected chi connectivity index (χ0v) is 15.8. The number of nitrogens with zero attached hydrogens (tertiary/aromatic N) is 2. The summed E-state index contributed by atoms with van der Waals surface area (Å²) in [5, 5.41) is 10.8. The van der Waals surface area contributed by atoms with E-state index in [4.69, 9.17) is 51.7 Å². The van der Waals surface area contributed by atoms with Crippen LogP contribution in [0.3, 0.4) is 0 Å². The Kier molecular flexibility index (Phi) is 5.51. The van der Waals surface area contributed by atoms with E-state index in [9.17, 15) is 0 Å². The molecule has 25 heavy (non-hydrogen) atoms. The third kappa shape index (κ3) is 3.92. The van der Waals surface area contributed by atoms with E-state index in [0.29, 0.717) is 20.1 Å². The fourth-order valence-electron chi connectivity index (χ4n) is 2.45. The van der Waals surface area contributed by atoms with Crippen molar-refractivity contribution in [2.24, 2.45) is 0 Å². The van der Waals surface area contributed by atoms with Crippen LogP contribution in [0, 0.1) is 11.3 Å². The zero-order valence-electron chi connectivity index (χ0n) is 12.7. The quantitative estimate of drug-likeness (QED) is 0.464. The van der Waals surface area contributed by atoms with Crippen LogP contribution in [-0.4, -0.2) is 4.98 Å². The Morgan fingerprint density at radius 2 is 1.40 bits per heavy atom. The van der Waals surface area contributed by atoms with Gasteiger partial charge in [-0.3, -0.25) is 4.98 Å². The van der Waals surface area contributed by atoms with Crippen LogP contribution in [0.25, 0.3) is 22.4 Å². The number of hydrogen-bond acceptors (Lipinski definition) is 2. The van der Waals surface area contributed by atoms with Crippen LogP contribution in [0.1, 0.15) is 5.56 Å². The highest BCUT2D eigenvalue weighted by molar-refractivity contribution is 6.42. The summed E-state index contributed by atoms with van der Waals surface area (Å²) in [7, 11) is 0. The van der Waals surface area contributed by atoms with E-state index >= 15 is 0 Å². The maximum atomic E-state index is 8.97. The van der Waals surface area contributed by atoms with Gasteiger partial charge in [0.1, 0.15) is 0 Å². The van der Waals surface area contributed by atoms with E-state index < -0.39 is 0 Å². The van der Waals surface area contributed by atoms with Crippen molar-refractivity contribution in [3.8, 4) is 28.5 Å². The molecule has 0 spiro atoms. The van der Waals surface area contributed by atoms with Gasteiger partial charge in [0.25, 0.3) is 0 Å². The van der Waals surface area contributed by atoms with Gasteiger partial charge < -0.3 is 0 Å². The lowest BCUT2D eigenvalue weighted by Gasteiger charge is -2.12. The number of pyridine rings is 1. The highest BCUT2D eigenvalue weighted by Gasteiger charge is 2.13. The third-order valence-corrected chi connectivity index (χ3v) is 5.13. The second-order valence-electron chi connectivity index (χ2n) is 5.33. The van der Waals surface area contributed by atoms with Crippen molar-refractivity contribution in [2.45, 2.75) is 6.42 Å². The summed E-state index contributed by atoms with van der Waals surface area (Å²) in [5.74, 6) is 0. The topological polar surface area (TPSA) is 36.7 Å². The van der Waals surface area contributed by atoms with E-state index in [0.717, 1.165) is 27.9 Å². The number of benzene rings is 2. The van der Waals surface area contributed by atoms with Crippen LogP contribution in [0.5, 0.6) is 0 Å². The maximum Gasteiger partial charge on any atom is 0.0781 e. The lowest BCUT2D eigenvalue weighted by Crippen LogP contribution is -1.93. The van der Waals surface area contributed by atoms with Gasteiger partial charge in [-0.05, 0) is 41.5 Å². The smallest absolute Gasteiger partial charge is 0.0781 e. The number of rotatable bonds is 3. The lowest BCUT2D eigenvalue weighted by molar-refractivity contribution is 1.19. The molecule has 2 aromatic carbocycles. The second kappa shape index (κ2) is 7.64. The predicted octanol–water partition coefficient (Wildman–Crippen LogP) is 7.10. The second-order valence-corrected chi connectivity index (χ2v) is 6.96. The Bertz CT molecular complexity index is 993. The lowest BCUT2D eigenvalue weighted by atomic mass is 9.97. The number of nitriles is 1. The molecule has 6 heteroatoms. The van der Waals surface area contributed by atoms with Gasteiger partial charge in [0.2, 0.25) is 0 Å². The summed E-state index contributed by atoms with van der Waals surface area (Å²) in [6.45, 7) is 0. The Morgan fingerprint density at radius 3 is 2.00 bits per heavy atom. The highest BCUT2D eigenvalue weighted by atomic mass is 35.5. The van der Waals surface area contributed by atoms with E-state index in [1.807, 2.05) is 18.2 Å². The van der Waals surface area contributed by atoms with Gasteiger partial charge in [-0.25, -0.2) is 0 Å². The Labute approximate surface area is 165 Å². The van der Waals surface area contributed by atoms with E-state index in [-0.39, 0.29) is 6.42 Å². The van der Waals surface area contributed by atoms with Crippen molar-refractivity contribution in [3.05, 3.63) is 74.3 Å². The van der Waals surface area contributed by atoms with Gasteiger partial charge in [0, 0.05) is 17.3 Å². The minimum absolute atomic E-state index is 0.267. The Morgan fingerprint density at radius 1 is 0.800 bits per heavy atom. The molecule has 0 saturated heterocycles. The molecule has 124 valence electrons. The molecule has 1 aromatic heterocycles.